The van der Waals surface area contributed by atoms with Gasteiger partial charge in [-0.15, -0.1) is 11.3 Å². The van der Waals surface area contributed by atoms with E-state index in [1.54, 1.807) is 6.92 Å². The predicted octanol–water partition coefficient (Wildman–Crippen LogP) is 2.76. The fraction of sp³-hybridized carbons (Fsp3) is 0.0714. The summed E-state index contributed by atoms with van der Waals surface area (Å²) in [6.45, 7) is 1.76. The van der Waals surface area contributed by atoms with E-state index in [1.807, 2.05) is 35.7 Å². The summed E-state index contributed by atoms with van der Waals surface area (Å²) in [6.07, 6.45) is 0. The summed E-state index contributed by atoms with van der Waals surface area (Å²) < 4.78 is 1.52. The number of rotatable bonds is 2. The first kappa shape index (κ1) is 12.4. The molecule has 5 nitrogen and oxygen atoms in total. The molecule has 0 aliphatic heterocycles. The van der Waals surface area contributed by atoms with Gasteiger partial charge in [0, 0.05) is 10.9 Å². The topological polar surface area (TPSA) is 80.5 Å². The lowest BCUT2D eigenvalue weighted by molar-refractivity contribution is 0.863. The van der Waals surface area contributed by atoms with Crippen molar-refractivity contribution in [1.29, 1.82) is 5.26 Å². The average Bonchev–Trinajstić information content (AvgIpc) is 3.05. The second-order valence-electron chi connectivity index (χ2n) is 4.25. The molecule has 0 saturated heterocycles. The number of benzene rings is 1. The summed E-state index contributed by atoms with van der Waals surface area (Å²) >= 11 is 1.44. The molecule has 20 heavy (non-hydrogen) atoms. The van der Waals surface area contributed by atoms with E-state index in [0.717, 1.165) is 11.3 Å². The Bertz CT molecular complexity index is 795. The summed E-state index contributed by atoms with van der Waals surface area (Å²) in [5.74, 6) is 0.332. The SMILES string of the molecule is Cc1nn(-c2nc(-c3ccccc3)cs2)c(N)c1C#N. The predicted molar refractivity (Wildman–Crippen MR) is 78.5 cm³/mol. The Kier molecular flexibility index (Phi) is 2.97. The molecule has 0 bridgehead atoms. The normalized spacial score (nSPS) is 10.4. The molecule has 6 heteroatoms. The second-order valence-corrected chi connectivity index (χ2v) is 5.09. The number of nitriles is 1. The molecule has 0 amide bonds. The Morgan fingerprint density at radius 2 is 2.05 bits per heavy atom. The van der Waals surface area contributed by atoms with Crippen molar-refractivity contribution in [1.82, 2.24) is 14.8 Å². The molecule has 0 aliphatic rings. The van der Waals surface area contributed by atoms with Crippen LogP contribution >= 0.6 is 11.3 Å². The molecule has 3 rings (SSSR count). The van der Waals surface area contributed by atoms with Crippen LogP contribution in [0.5, 0.6) is 0 Å². The molecule has 0 saturated carbocycles. The maximum absolute atomic E-state index is 9.04. The van der Waals surface area contributed by atoms with E-state index in [-0.39, 0.29) is 0 Å². The number of nitrogens with two attached hydrogens (primary N) is 1. The van der Waals surface area contributed by atoms with E-state index in [1.165, 1.54) is 16.0 Å². The summed E-state index contributed by atoms with van der Waals surface area (Å²) in [4.78, 5) is 4.53. The first-order valence-corrected chi connectivity index (χ1v) is 6.85. The largest absolute Gasteiger partial charge is 0.382 e. The van der Waals surface area contributed by atoms with Gasteiger partial charge in [0.2, 0.25) is 5.13 Å². The van der Waals surface area contributed by atoms with E-state index in [2.05, 4.69) is 16.2 Å². The van der Waals surface area contributed by atoms with Crippen LogP contribution < -0.4 is 5.73 Å². The van der Waals surface area contributed by atoms with Crippen LogP contribution in [0.15, 0.2) is 35.7 Å². The second kappa shape index (κ2) is 4.79. The zero-order valence-corrected chi connectivity index (χ0v) is 11.6. The zero-order valence-electron chi connectivity index (χ0n) is 10.7. The molecule has 0 unspecified atom stereocenters. The van der Waals surface area contributed by atoms with E-state index in [0.29, 0.717) is 22.2 Å². The Morgan fingerprint density at radius 1 is 1.30 bits per heavy atom. The number of thiazole rings is 1. The molecule has 2 heterocycles. The standard InChI is InChI=1S/C14H11N5S/c1-9-11(7-15)13(16)19(18-9)14-17-12(8-20-14)10-5-3-2-4-6-10/h2-6,8H,16H2,1H3. The number of aromatic nitrogens is 3. The number of nitrogens with zero attached hydrogens (tertiary/aromatic N) is 4. The first-order chi connectivity index (χ1) is 9.70. The summed E-state index contributed by atoms with van der Waals surface area (Å²) in [7, 11) is 0. The molecular formula is C14H11N5S. The molecule has 0 spiro atoms. The lowest BCUT2D eigenvalue weighted by atomic mass is 10.2. The minimum absolute atomic E-state index is 0.332. The highest BCUT2D eigenvalue weighted by atomic mass is 32.1. The Balaban J connectivity index is 2.06. The molecule has 0 radical (unpaired) electrons. The highest BCUT2D eigenvalue weighted by Crippen LogP contribution is 2.26. The Hall–Kier alpha value is -2.65. The lowest BCUT2D eigenvalue weighted by Crippen LogP contribution is -2.02. The minimum Gasteiger partial charge on any atom is -0.382 e. The molecule has 0 fully saturated rings. The van der Waals surface area contributed by atoms with Gasteiger partial charge in [-0.05, 0) is 6.92 Å². The van der Waals surface area contributed by atoms with Gasteiger partial charge < -0.3 is 5.73 Å². The van der Waals surface area contributed by atoms with Crippen LogP contribution in [0, 0.1) is 18.3 Å². The van der Waals surface area contributed by atoms with E-state index in [9.17, 15) is 0 Å². The first-order valence-electron chi connectivity index (χ1n) is 5.97. The summed E-state index contributed by atoms with van der Waals surface area (Å²) in [6, 6.07) is 12.0. The Labute approximate surface area is 119 Å². The fourth-order valence-electron chi connectivity index (χ4n) is 1.93. The third-order valence-electron chi connectivity index (χ3n) is 2.95. The van der Waals surface area contributed by atoms with Crippen LogP contribution in [0.4, 0.5) is 5.82 Å². The van der Waals surface area contributed by atoms with Gasteiger partial charge >= 0.3 is 0 Å². The third-order valence-corrected chi connectivity index (χ3v) is 3.77. The zero-order chi connectivity index (χ0) is 14.1. The highest BCUT2D eigenvalue weighted by Gasteiger charge is 2.15. The van der Waals surface area contributed by atoms with Gasteiger partial charge in [0.1, 0.15) is 17.5 Å². The van der Waals surface area contributed by atoms with Crippen molar-refractivity contribution in [2.75, 3.05) is 5.73 Å². The number of hydrogen-bond acceptors (Lipinski definition) is 5. The van der Waals surface area contributed by atoms with E-state index in [4.69, 9.17) is 11.0 Å². The van der Waals surface area contributed by atoms with Crippen molar-refractivity contribution in [3.8, 4) is 22.5 Å². The van der Waals surface area contributed by atoms with Crippen molar-refractivity contribution in [2.45, 2.75) is 6.92 Å². The third kappa shape index (κ3) is 1.94. The van der Waals surface area contributed by atoms with Crippen molar-refractivity contribution >= 4 is 17.2 Å². The number of nitrogen functional groups attached to an aromatic ring is 1. The Morgan fingerprint density at radius 3 is 2.70 bits per heavy atom. The molecule has 98 valence electrons. The van der Waals surface area contributed by atoms with Gasteiger partial charge in [-0.1, -0.05) is 30.3 Å². The summed E-state index contributed by atoms with van der Waals surface area (Å²) in [5.41, 5.74) is 8.87. The van der Waals surface area contributed by atoms with Crippen molar-refractivity contribution < 1.29 is 0 Å². The van der Waals surface area contributed by atoms with Gasteiger partial charge in [0.15, 0.2) is 0 Å². The van der Waals surface area contributed by atoms with Gasteiger partial charge in [-0.2, -0.15) is 15.0 Å². The van der Waals surface area contributed by atoms with Crippen molar-refractivity contribution in [2.24, 2.45) is 0 Å². The number of anilines is 1. The molecule has 2 aromatic heterocycles. The average molecular weight is 281 g/mol. The summed E-state index contributed by atoms with van der Waals surface area (Å²) in [5, 5.41) is 15.9. The monoisotopic (exact) mass is 281 g/mol. The van der Waals surface area contributed by atoms with Crippen LogP contribution in [0.25, 0.3) is 16.4 Å². The quantitative estimate of drug-likeness (QED) is 0.783. The van der Waals surface area contributed by atoms with Gasteiger partial charge in [0.25, 0.3) is 0 Å². The van der Waals surface area contributed by atoms with E-state index >= 15 is 0 Å². The van der Waals surface area contributed by atoms with Crippen LogP contribution in [-0.2, 0) is 0 Å². The molecular weight excluding hydrogens is 270 g/mol. The minimum atomic E-state index is 0.332. The van der Waals surface area contributed by atoms with Crippen LogP contribution in [0.1, 0.15) is 11.3 Å². The van der Waals surface area contributed by atoms with Crippen molar-refractivity contribution in [3.05, 3.63) is 47.0 Å². The van der Waals surface area contributed by atoms with Gasteiger partial charge in [-0.25, -0.2) is 4.98 Å². The van der Waals surface area contributed by atoms with Crippen LogP contribution in [0.2, 0.25) is 0 Å². The van der Waals surface area contributed by atoms with Crippen LogP contribution in [0.3, 0.4) is 0 Å². The molecule has 2 N–H and O–H groups in total. The molecule has 3 aromatic rings. The number of hydrogen-bond donors (Lipinski definition) is 1. The van der Waals surface area contributed by atoms with E-state index < -0.39 is 0 Å². The molecule has 1 aromatic carbocycles. The lowest BCUT2D eigenvalue weighted by Gasteiger charge is -1.98. The highest BCUT2D eigenvalue weighted by molar-refractivity contribution is 7.12. The molecule has 0 aliphatic carbocycles. The fourth-order valence-corrected chi connectivity index (χ4v) is 2.73. The molecule has 0 atom stereocenters. The maximum atomic E-state index is 9.04. The smallest absolute Gasteiger partial charge is 0.212 e. The van der Waals surface area contributed by atoms with Gasteiger partial charge in [-0.3, -0.25) is 0 Å². The van der Waals surface area contributed by atoms with Crippen LogP contribution in [-0.4, -0.2) is 14.8 Å². The van der Waals surface area contributed by atoms with Crippen molar-refractivity contribution in [3.63, 3.8) is 0 Å². The maximum Gasteiger partial charge on any atom is 0.212 e. The van der Waals surface area contributed by atoms with Gasteiger partial charge in [0.05, 0.1) is 11.4 Å². The number of aryl methyl sites for hydroxylation is 1.